The van der Waals surface area contributed by atoms with E-state index >= 15 is 0 Å². The molecule has 0 fully saturated rings. The lowest BCUT2D eigenvalue weighted by Gasteiger charge is -2.12. The van der Waals surface area contributed by atoms with E-state index in [-0.39, 0.29) is 24.0 Å². The van der Waals surface area contributed by atoms with E-state index in [9.17, 15) is 0 Å². The van der Waals surface area contributed by atoms with Gasteiger partial charge in [-0.05, 0) is 39.1 Å². The van der Waals surface area contributed by atoms with Crippen LogP contribution in [-0.2, 0) is 19.6 Å². The van der Waals surface area contributed by atoms with Crippen molar-refractivity contribution in [1.29, 1.82) is 0 Å². The second kappa shape index (κ2) is 10.7. The van der Waals surface area contributed by atoms with E-state index in [2.05, 4.69) is 70.8 Å². The summed E-state index contributed by atoms with van der Waals surface area (Å²) in [5, 5.41) is 7.74. The van der Waals surface area contributed by atoms with Crippen molar-refractivity contribution in [3.8, 4) is 0 Å². The summed E-state index contributed by atoms with van der Waals surface area (Å²) in [6.07, 6.45) is 0. The van der Waals surface area contributed by atoms with Gasteiger partial charge in [0, 0.05) is 25.0 Å². The third-order valence-corrected chi connectivity index (χ3v) is 4.76. The number of aliphatic imine (C=N–C) groups is 1. The van der Waals surface area contributed by atoms with Gasteiger partial charge in [0.15, 0.2) is 5.96 Å². The predicted molar refractivity (Wildman–Crippen MR) is 118 cm³/mol. The van der Waals surface area contributed by atoms with Gasteiger partial charge in [0.25, 0.3) is 0 Å². The first-order chi connectivity index (χ1) is 11.5. The van der Waals surface area contributed by atoms with E-state index < -0.39 is 0 Å². The number of aryl methyl sites for hydroxylation is 2. The molecule has 0 radical (unpaired) electrons. The fourth-order valence-electron chi connectivity index (χ4n) is 2.31. The topological polar surface area (TPSA) is 52.6 Å². The van der Waals surface area contributed by atoms with Gasteiger partial charge in [-0.3, -0.25) is 4.99 Å². The Hall–Kier alpha value is -1.19. The summed E-state index contributed by atoms with van der Waals surface area (Å²) in [5.74, 6) is 0.790. The van der Waals surface area contributed by atoms with Crippen LogP contribution < -0.4 is 10.6 Å². The van der Waals surface area contributed by atoms with Crippen molar-refractivity contribution < 1.29 is 0 Å². The maximum absolute atomic E-state index is 4.54. The quantitative estimate of drug-likeness (QED) is 0.384. The molecule has 0 amide bonds. The molecule has 25 heavy (non-hydrogen) atoms. The standard InChI is InChI=1S/C18H27N5S.HI/c1-13-14(2)24-17(22-13)11-21-18(19-3)20-10-15-6-8-16(9-7-15)12-23(4)5;/h6-9H,10-12H2,1-5H3,(H2,19,20,21);1H. The van der Waals surface area contributed by atoms with E-state index in [0.29, 0.717) is 6.54 Å². The molecule has 0 aliphatic rings. The Morgan fingerprint density at radius 3 is 2.20 bits per heavy atom. The Kier molecular flexibility index (Phi) is 9.37. The maximum Gasteiger partial charge on any atom is 0.191 e. The molecule has 1 aromatic carbocycles. The fourth-order valence-corrected chi connectivity index (χ4v) is 3.18. The summed E-state index contributed by atoms with van der Waals surface area (Å²) in [7, 11) is 5.95. The van der Waals surface area contributed by atoms with Gasteiger partial charge < -0.3 is 15.5 Å². The Morgan fingerprint density at radius 2 is 1.68 bits per heavy atom. The first kappa shape index (κ1) is 21.9. The largest absolute Gasteiger partial charge is 0.352 e. The number of rotatable bonds is 6. The number of aromatic nitrogens is 1. The van der Waals surface area contributed by atoms with Crippen molar-refractivity contribution in [2.75, 3.05) is 21.1 Å². The van der Waals surface area contributed by atoms with Crippen LogP contribution in [0.2, 0.25) is 0 Å². The molecule has 0 unspecified atom stereocenters. The van der Waals surface area contributed by atoms with Crippen molar-refractivity contribution in [2.45, 2.75) is 33.5 Å². The fraction of sp³-hybridized carbons (Fsp3) is 0.444. The zero-order chi connectivity index (χ0) is 17.5. The van der Waals surface area contributed by atoms with Gasteiger partial charge in [0.2, 0.25) is 0 Å². The van der Waals surface area contributed by atoms with Crippen LogP contribution in [0.3, 0.4) is 0 Å². The number of thiazole rings is 1. The molecule has 0 spiro atoms. The third kappa shape index (κ3) is 7.29. The van der Waals surface area contributed by atoms with Gasteiger partial charge in [-0.2, -0.15) is 0 Å². The van der Waals surface area contributed by atoms with Crippen LogP contribution in [0, 0.1) is 13.8 Å². The normalized spacial score (nSPS) is 11.4. The highest BCUT2D eigenvalue weighted by Gasteiger charge is 2.05. The first-order valence-electron chi connectivity index (χ1n) is 8.08. The lowest BCUT2D eigenvalue weighted by molar-refractivity contribution is 0.402. The summed E-state index contributed by atoms with van der Waals surface area (Å²) in [6.45, 7) is 6.55. The first-order valence-corrected chi connectivity index (χ1v) is 8.89. The van der Waals surface area contributed by atoms with Crippen LogP contribution in [0.4, 0.5) is 0 Å². The summed E-state index contributed by atoms with van der Waals surface area (Å²) >= 11 is 1.73. The molecule has 1 heterocycles. The van der Waals surface area contributed by atoms with Crippen molar-refractivity contribution in [2.24, 2.45) is 4.99 Å². The molecule has 2 rings (SSSR count). The minimum atomic E-state index is 0. The third-order valence-electron chi connectivity index (χ3n) is 3.69. The van der Waals surface area contributed by atoms with Gasteiger partial charge in [-0.15, -0.1) is 35.3 Å². The van der Waals surface area contributed by atoms with E-state index in [4.69, 9.17) is 0 Å². The zero-order valence-corrected chi connectivity index (χ0v) is 18.7. The maximum atomic E-state index is 4.54. The number of guanidine groups is 1. The van der Waals surface area contributed by atoms with Gasteiger partial charge >= 0.3 is 0 Å². The van der Waals surface area contributed by atoms with Crippen LogP contribution >= 0.6 is 35.3 Å². The number of hydrogen-bond donors (Lipinski definition) is 2. The van der Waals surface area contributed by atoms with E-state index in [1.54, 1.807) is 18.4 Å². The van der Waals surface area contributed by atoms with Crippen molar-refractivity contribution in [3.05, 3.63) is 51.0 Å². The van der Waals surface area contributed by atoms with Crippen molar-refractivity contribution in [3.63, 3.8) is 0 Å². The van der Waals surface area contributed by atoms with E-state index in [1.165, 1.54) is 16.0 Å². The summed E-state index contributed by atoms with van der Waals surface area (Å²) in [5.41, 5.74) is 3.67. The number of hydrogen-bond acceptors (Lipinski definition) is 4. The Balaban J connectivity index is 0.00000312. The molecule has 1 aromatic heterocycles. The van der Waals surface area contributed by atoms with E-state index in [1.807, 2.05) is 6.92 Å². The average Bonchev–Trinajstić information content (AvgIpc) is 2.87. The highest BCUT2D eigenvalue weighted by molar-refractivity contribution is 14.0. The average molecular weight is 473 g/mol. The zero-order valence-electron chi connectivity index (χ0n) is 15.6. The number of benzene rings is 1. The molecule has 2 N–H and O–H groups in total. The van der Waals surface area contributed by atoms with Gasteiger partial charge in [0.1, 0.15) is 5.01 Å². The molecule has 0 bridgehead atoms. The van der Waals surface area contributed by atoms with Crippen LogP contribution in [0.1, 0.15) is 26.7 Å². The Bertz CT molecular complexity index is 660. The Labute approximate surface area is 172 Å². The lowest BCUT2D eigenvalue weighted by Crippen LogP contribution is -2.36. The molecule has 0 saturated heterocycles. The number of nitrogens with one attached hydrogen (secondary N) is 2. The molecule has 0 aliphatic carbocycles. The van der Waals surface area contributed by atoms with Crippen LogP contribution in [0.25, 0.3) is 0 Å². The summed E-state index contributed by atoms with van der Waals surface area (Å²) < 4.78 is 0. The van der Waals surface area contributed by atoms with Crippen molar-refractivity contribution >= 4 is 41.3 Å². The molecule has 2 aromatic rings. The second-order valence-electron chi connectivity index (χ2n) is 6.08. The summed E-state index contributed by atoms with van der Waals surface area (Å²) in [6, 6.07) is 8.67. The summed E-state index contributed by atoms with van der Waals surface area (Å²) in [4.78, 5) is 12.2. The Morgan fingerprint density at radius 1 is 1.08 bits per heavy atom. The predicted octanol–water partition coefficient (Wildman–Crippen LogP) is 3.30. The molecular formula is C18H28IN5S. The molecule has 138 valence electrons. The number of nitrogens with zero attached hydrogens (tertiary/aromatic N) is 3. The lowest BCUT2D eigenvalue weighted by atomic mass is 10.1. The van der Waals surface area contributed by atoms with E-state index in [0.717, 1.165) is 29.8 Å². The minimum absolute atomic E-state index is 0. The molecule has 0 atom stereocenters. The second-order valence-corrected chi connectivity index (χ2v) is 7.37. The highest BCUT2D eigenvalue weighted by atomic mass is 127. The molecule has 0 saturated carbocycles. The number of halogens is 1. The molecule has 0 aliphatic heterocycles. The van der Waals surface area contributed by atoms with Gasteiger partial charge in [0.05, 0.1) is 12.2 Å². The van der Waals surface area contributed by atoms with Gasteiger partial charge in [-0.1, -0.05) is 24.3 Å². The molecular weight excluding hydrogens is 445 g/mol. The van der Waals surface area contributed by atoms with Crippen LogP contribution in [0.5, 0.6) is 0 Å². The monoisotopic (exact) mass is 473 g/mol. The highest BCUT2D eigenvalue weighted by Crippen LogP contribution is 2.15. The SMILES string of the molecule is CN=C(NCc1ccc(CN(C)C)cc1)NCc1nc(C)c(C)s1.I. The smallest absolute Gasteiger partial charge is 0.191 e. The van der Waals surface area contributed by atoms with Crippen LogP contribution in [-0.4, -0.2) is 37.0 Å². The molecule has 5 nitrogen and oxygen atoms in total. The van der Waals surface area contributed by atoms with Gasteiger partial charge in [-0.25, -0.2) is 4.98 Å². The van der Waals surface area contributed by atoms with Crippen molar-refractivity contribution in [1.82, 2.24) is 20.5 Å². The molecule has 7 heteroatoms. The minimum Gasteiger partial charge on any atom is -0.352 e. The van der Waals surface area contributed by atoms with Crippen LogP contribution in [0.15, 0.2) is 29.3 Å².